The molecule has 2 aromatic rings. The number of likely N-dealkylation sites (tertiary alicyclic amines) is 1. The van der Waals surface area contributed by atoms with Crippen molar-refractivity contribution < 1.29 is 24.2 Å². The number of nitrogens with zero attached hydrogens (tertiary/aromatic N) is 1. The van der Waals surface area contributed by atoms with E-state index in [9.17, 15) is 14.7 Å². The van der Waals surface area contributed by atoms with Crippen LogP contribution < -0.4 is 4.74 Å². The van der Waals surface area contributed by atoms with Gasteiger partial charge in [-0.25, -0.2) is 0 Å². The van der Waals surface area contributed by atoms with Crippen molar-refractivity contribution in [3.63, 3.8) is 0 Å². The number of ketones is 1. The van der Waals surface area contributed by atoms with Gasteiger partial charge in [0.05, 0.1) is 24.3 Å². The molecule has 1 N–H and O–H groups in total. The lowest BCUT2D eigenvalue weighted by atomic mass is 9.85. The maximum Gasteiger partial charge on any atom is 0.295 e. The lowest BCUT2D eigenvalue weighted by Crippen LogP contribution is -2.32. The minimum Gasteiger partial charge on any atom is -0.507 e. The summed E-state index contributed by atoms with van der Waals surface area (Å²) < 4.78 is 11.0. The zero-order chi connectivity index (χ0) is 25.2. The van der Waals surface area contributed by atoms with E-state index >= 15 is 0 Å². The Bertz CT molecular complexity index is 1090. The van der Waals surface area contributed by atoms with Crippen LogP contribution >= 0.6 is 0 Å². The number of amides is 1. The normalized spacial score (nSPS) is 18.1. The first kappa shape index (κ1) is 25.5. The number of hydrogen-bond donors (Lipinski definition) is 1. The number of hydrogen-bond acceptors (Lipinski definition) is 5. The molecule has 0 aromatic heterocycles. The van der Waals surface area contributed by atoms with Gasteiger partial charge in [0.15, 0.2) is 0 Å². The summed E-state index contributed by atoms with van der Waals surface area (Å²) in [6.07, 6.45) is 0.0142. The molecule has 34 heavy (non-hydrogen) atoms. The molecular weight excluding hydrogens is 430 g/mol. The molecular formula is C28H35NO5. The first-order chi connectivity index (χ1) is 16.0. The summed E-state index contributed by atoms with van der Waals surface area (Å²) >= 11 is 0. The average molecular weight is 466 g/mol. The lowest BCUT2D eigenvalue weighted by Gasteiger charge is -2.26. The highest BCUT2D eigenvalue weighted by atomic mass is 16.5. The van der Waals surface area contributed by atoms with Crippen molar-refractivity contribution in [2.45, 2.75) is 59.1 Å². The molecule has 1 saturated heterocycles. The van der Waals surface area contributed by atoms with Gasteiger partial charge in [0.25, 0.3) is 11.7 Å². The summed E-state index contributed by atoms with van der Waals surface area (Å²) in [5.74, 6) is -0.817. The van der Waals surface area contributed by atoms with E-state index in [4.69, 9.17) is 9.47 Å². The second-order valence-electron chi connectivity index (χ2n) is 10.0. The van der Waals surface area contributed by atoms with Crippen molar-refractivity contribution in [2.75, 3.05) is 20.3 Å². The minimum absolute atomic E-state index is 0.0142. The predicted molar refractivity (Wildman–Crippen MR) is 133 cm³/mol. The summed E-state index contributed by atoms with van der Waals surface area (Å²) in [6.45, 7) is 12.7. The topological polar surface area (TPSA) is 76.1 Å². The van der Waals surface area contributed by atoms with Gasteiger partial charge in [-0.3, -0.25) is 9.59 Å². The van der Waals surface area contributed by atoms with Gasteiger partial charge < -0.3 is 19.5 Å². The summed E-state index contributed by atoms with van der Waals surface area (Å²) in [4.78, 5) is 27.6. The highest BCUT2D eigenvalue weighted by Gasteiger charge is 2.46. The Morgan fingerprint density at radius 3 is 2.26 bits per heavy atom. The van der Waals surface area contributed by atoms with Crippen molar-refractivity contribution in [1.82, 2.24) is 4.90 Å². The molecule has 1 amide bonds. The molecule has 3 rings (SSSR count). The number of aliphatic hydroxyl groups is 1. The fourth-order valence-electron chi connectivity index (χ4n) is 4.15. The smallest absolute Gasteiger partial charge is 0.295 e. The summed E-state index contributed by atoms with van der Waals surface area (Å²) in [7, 11) is 1.55. The number of aliphatic hydroxyl groups excluding tert-OH is 1. The molecule has 1 heterocycles. The third-order valence-electron chi connectivity index (χ3n) is 5.98. The molecule has 0 saturated carbocycles. The van der Waals surface area contributed by atoms with Crippen LogP contribution in [0.4, 0.5) is 0 Å². The van der Waals surface area contributed by atoms with Crippen molar-refractivity contribution >= 4 is 17.4 Å². The minimum atomic E-state index is -0.698. The maximum absolute atomic E-state index is 13.1. The van der Waals surface area contributed by atoms with Gasteiger partial charge in [-0.15, -0.1) is 0 Å². The molecule has 1 unspecified atom stereocenters. The van der Waals surface area contributed by atoms with Crippen LogP contribution in [0.25, 0.3) is 5.76 Å². The second-order valence-corrected chi connectivity index (χ2v) is 10.0. The molecule has 6 heteroatoms. The molecule has 0 bridgehead atoms. The monoisotopic (exact) mass is 465 g/mol. The Kier molecular flexibility index (Phi) is 7.51. The third kappa shape index (κ3) is 5.17. The van der Waals surface area contributed by atoms with E-state index in [1.165, 1.54) is 4.90 Å². The maximum atomic E-state index is 13.1. The Morgan fingerprint density at radius 2 is 1.74 bits per heavy atom. The van der Waals surface area contributed by atoms with E-state index in [-0.39, 0.29) is 36.0 Å². The molecule has 6 nitrogen and oxygen atoms in total. The number of rotatable bonds is 7. The van der Waals surface area contributed by atoms with Crippen LogP contribution in [0.3, 0.4) is 0 Å². The number of methoxy groups -OCH3 is 1. The molecule has 2 aromatic carbocycles. The third-order valence-corrected chi connectivity index (χ3v) is 5.98. The van der Waals surface area contributed by atoms with Crippen LogP contribution in [0.5, 0.6) is 5.75 Å². The van der Waals surface area contributed by atoms with E-state index in [2.05, 4.69) is 20.8 Å². The summed E-state index contributed by atoms with van der Waals surface area (Å²) in [5, 5.41) is 11.3. The number of carbonyl (C=O) groups is 2. The Morgan fingerprint density at radius 1 is 1.09 bits per heavy atom. The number of benzene rings is 2. The molecule has 1 atom stereocenters. The fraction of sp³-hybridized carbons (Fsp3) is 0.429. The van der Waals surface area contributed by atoms with Crippen LogP contribution in [0.2, 0.25) is 0 Å². The molecule has 0 spiro atoms. The number of Topliss-reactive ketones (excluding diaryl/α,β-unsaturated/α-hetero) is 1. The van der Waals surface area contributed by atoms with Gasteiger partial charge in [-0.2, -0.15) is 0 Å². The number of carbonyl (C=O) groups excluding carboxylic acids is 2. The van der Waals surface area contributed by atoms with Crippen LogP contribution in [0.1, 0.15) is 62.9 Å². The highest BCUT2D eigenvalue weighted by Crippen LogP contribution is 2.40. The zero-order valence-corrected chi connectivity index (χ0v) is 21.1. The van der Waals surface area contributed by atoms with E-state index in [1.807, 2.05) is 45.0 Å². The fourth-order valence-corrected chi connectivity index (χ4v) is 4.15. The molecule has 1 aliphatic heterocycles. The highest BCUT2D eigenvalue weighted by molar-refractivity contribution is 6.46. The second kappa shape index (κ2) is 10.0. The molecule has 1 fully saturated rings. The van der Waals surface area contributed by atoms with E-state index in [0.29, 0.717) is 11.3 Å². The van der Waals surface area contributed by atoms with Crippen molar-refractivity contribution in [2.24, 2.45) is 0 Å². The first-order valence-electron chi connectivity index (χ1n) is 11.6. The molecule has 1 aliphatic rings. The van der Waals surface area contributed by atoms with Gasteiger partial charge in [-0.05, 0) is 61.1 Å². The van der Waals surface area contributed by atoms with Crippen molar-refractivity contribution in [3.05, 3.63) is 70.3 Å². The number of aryl methyl sites for hydroxylation is 1. The van der Waals surface area contributed by atoms with Gasteiger partial charge >= 0.3 is 0 Å². The Balaban J connectivity index is 2.12. The average Bonchev–Trinajstić information content (AvgIpc) is 3.02. The largest absolute Gasteiger partial charge is 0.507 e. The van der Waals surface area contributed by atoms with E-state index < -0.39 is 17.7 Å². The van der Waals surface area contributed by atoms with Crippen molar-refractivity contribution in [3.8, 4) is 5.75 Å². The van der Waals surface area contributed by atoms with E-state index in [1.54, 1.807) is 25.3 Å². The van der Waals surface area contributed by atoms with Gasteiger partial charge in [0.1, 0.15) is 11.5 Å². The Hall–Kier alpha value is -3.12. The standard InChI is InChI=1S/C28H35NO5/c1-17(2)34-22-13-10-20(16-18(22)3)25(30)23-24(29(14-15-33-7)27(32)26(23)31)19-8-11-21(12-9-19)28(4,5)6/h8-13,16-17,24,30H,14-15H2,1-7H3/b25-23-. The SMILES string of the molecule is COCCN1C(=O)C(=O)/C(=C(\O)c2ccc(OC(C)C)c(C)c2)C1c1ccc(C(C)(C)C)cc1. The lowest BCUT2D eigenvalue weighted by molar-refractivity contribution is -0.140. The van der Waals surface area contributed by atoms with Crippen molar-refractivity contribution in [1.29, 1.82) is 0 Å². The molecule has 0 radical (unpaired) electrons. The van der Waals surface area contributed by atoms with Crippen LogP contribution in [0, 0.1) is 6.92 Å². The van der Waals surface area contributed by atoms with Crippen LogP contribution in [0.15, 0.2) is 48.0 Å². The zero-order valence-electron chi connectivity index (χ0n) is 21.1. The summed E-state index contributed by atoms with van der Waals surface area (Å²) in [6, 6.07) is 12.4. The first-order valence-corrected chi connectivity index (χ1v) is 11.6. The van der Waals surface area contributed by atoms with E-state index in [0.717, 1.165) is 16.7 Å². The van der Waals surface area contributed by atoms with Gasteiger partial charge in [-0.1, -0.05) is 45.0 Å². The summed E-state index contributed by atoms with van der Waals surface area (Å²) in [5.41, 5.74) is 3.25. The predicted octanol–water partition coefficient (Wildman–Crippen LogP) is 5.15. The van der Waals surface area contributed by atoms with Gasteiger partial charge in [0, 0.05) is 19.2 Å². The molecule has 182 valence electrons. The molecule has 0 aliphatic carbocycles. The quantitative estimate of drug-likeness (QED) is 0.348. The Labute approximate surface area is 202 Å². The van der Waals surface area contributed by atoms with Crippen LogP contribution in [-0.2, 0) is 19.7 Å². The number of ether oxygens (including phenoxy) is 2. The van der Waals surface area contributed by atoms with Gasteiger partial charge in [0.2, 0.25) is 0 Å². The van der Waals surface area contributed by atoms with Crippen LogP contribution in [-0.4, -0.2) is 48.1 Å².